The second-order valence-electron chi connectivity index (χ2n) is 11.2. The molecule has 0 saturated carbocycles. The Morgan fingerprint density at radius 3 is 2.35 bits per heavy atom. The maximum absolute atomic E-state index is 13.1. The van der Waals surface area contributed by atoms with Crippen LogP contribution >= 0.6 is 0 Å². The molecule has 3 aliphatic rings. The van der Waals surface area contributed by atoms with Crippen LogP contribution in [0.2, 0.25) is 0 Å². The molecule has 4 heterocycles. The van der Waals surface area contributed by atoms with Crippen LogP contribution in [0.5, 0.6) is 5.75 Å². The van der Waals surface area contributed by atoms with Crippen molar-refractivity contribution in [1.82, 2.24) is 20.5 Å². The van der Waals surface area contributed by atoms with Gasteiger partial charge in [-0.2, -0.15) is 0 Å². The molecule has 10 heteroatoms. The van der Waals surface area contributed by atoms with Gasteiger partial charge in [-0.05, 0) is 76.1 Å². The number of nitrogens with one attached hydrogen (secondary N) is 2. The lowest BCUT2D eigenvalue weighted by atomic mass is 9.95. The molecule has 2 bridgehead atoms. The van der Waals surface area contributed by atoms with Crippen LogP contribution in [0.25, 0.3) is 0 Å². The van der Waals surface area contributed by atoms with E-state index < -0.39 is 6.09 Å². The summed E-state index contributed by atoms with van der Waals surface area (Å²) >= 11 is 0. The molecule has 3 unspecified atom stereocenters. The number of methoxy groups -OCH3 is 1. The van der Waals surface area contributed by atoms with E-state index in [1.54, 1.807) is 13.3 Å². The van der Waals surface area contributed by atoms with E-state index in [-0.39, 0.29) is 42.0 Å². The Balaban J connectivity index is 1.18. The predicted molar refractivity (Wildman–Crippen MR) is 151 cm³/mol. The Morgan fingerprint density at radius 1 is 1.00 bits per heavy atom. The van der Waals surface area contributed by atoms with Crippen LogP contribution in [0.1, 0.15) is 78.1 Å². The fourth-order valence-electron chi connectivity index (χ4n) is 6.78. The van der Waals surface area contributed by atoms with E-state index in [2.05, 4.69) is 20.5 Å². The van der Waals surface area contributed by atoms with Crippen molar-refractivity contribution in [3.05, 3.63) is 53.2 Å². The van der Waals surface area contributed by atoms with E-state index in [0.717, 1.165) is 43.5 Å². The van der Waals surface area contributed by atoms with Crippen LogP contribution in [-0.4, -0.2) is 76.8 Å². The molecule has 2 aromatic rings. The molecule has 0 spiro atoms. The quantitative estimate of drug-likeness (QED) is 0.477. The molecule has 5 rings (SSSR count). The van der Waals surface area contributed by atoms with Gasteiger partial charge in [0.1, 0.15) is 11.6 Å². The summed E-state index contributed by atoms with van der Waals surface area (Å²) in [6.45, 7) is 4.30. The van der Waals surface area contributed by atoms with Gasteiger partial charge in [0.05, 0.1) is 12.7 Å². The first-order valence-electron chi connectivity index (χ1n) is 14.3. The highest BCUT2D eigenvalue weighted by Gasteiger charge is 2.42. The fourth-order valence-corrected chi connectivity index (χ4v) is 6.78. The van der Waals surface area contributed by atoms with Gasteiger partial charge >= 0.3 is 6.09 Å². The van der Waals surface area contributed by atoms with E-state index in [1.807, 2.05) is 44.2 Å². The Kier molecular flexibility index (Phi) is 8.14. The Labute approximate surface area is 235 Å². The van der Waals surface area contributed by atoms with Crippen molar-refractivity contribution in [1.29, 1.82) is 0 Å². The zero-order chi connectivity index (χ0) is 28.4. The number of hydrogen-bond acceptors (Lipinski definition) is 6. The standard InChI is InChI=1S/C30H39N5O5/c1-4-22-14-20(12-13-34(22)30(38)39)32-28(36)19-8-11-27(31-17-19)35-23-9-10-24(35)16-21(15-23)33-29(37)25-6-5-7-26(40-3)18(25)2/h5-8,11,17,20-24H,4,9-10,12-16H2,1-3H3,(H,32,36)(H,33,37)(H,38,39)/t20?,21?,22?,23-,24+. The van der Waals surface area contributed by atoms with Gasteiger partial charge in [0.25, 0.3) is 11.8 Å². The molecular weight excluding hydrogens is 510 g/mol. The summed E-state index contributed by atoms with van der Waals surface area (Å²) in [7, 11) is 1.61. The number of likely N-dealkylation sites (tertiary alicyclic amines) is 1. The number of hydrogen-bond donors (Lipinski definition) is 3. The average Bonchev–Trinajstić information content (AvgIpc) is 3.22. The van der Waals surface area contributed by atoms with Gasteiger partial charge in [-0.15, -0.1) is 0 Å². The van der Waals surface area contributed by atoms with Crippen LogP contribution in [0.3, 0.4) is 0 Å². The smallest absolute Gasteiger partial charge is 0.407 e. The van der Waals surface area contributed by atoms with Crippen molar-refractivity contribution in [2.45, 2.75) is 89.0 Å². The van der Waals surface area contributed by atoms with Crippen molar-refractivity contribution >= 4 is 23.7 Å². The number of amides is 3. The Hall–Kier alpha value is -3.82. The molecule has 40 heavy (non-hydrogen) atoms. The molecular formula is C30H39N5O5. The summed E-state index contributed by atoms with van der Waals surface area (Å²) in [6, 6.07) is 9.79. The number of fused-ring (bicyclic) bond motifs is 2. The lowest BCUT2D eigenvalue weighted by Crippen LogP contribution is -2.51. The van der Waals surface area contributed by atoms with Crippen LogP contribution in [0.15, 0.2) is 36.5 Å². The molecule has 214 valence electrons. The van der Waals surface area contributed by atoms with Crippen molar-refractivity contribution in [3.63, 3.8) is 0 Å². The summed E-state index contributed by atoms with van der Waals surface area (Å²) in [4.78, 5) is 45.9. The molecule has 3 fully saturated rings. The van der Waals surface area contributed by atoms with Gasteiger partial charge < -0.3 is 30.3 Å². The van der Waals surface area contributed by atoms with Crippen molar-refractivity contribution in [3.8, 4) is 5.75 Å². The summed E-state index contributed by atoms with van der Waals surface area (Å²) in [5.41, 5.74) is 1.98. The van der Waals surface area contributed by atoms with Crippen LogP contribution in [-0.2, 0) is 0 Å². The monoisotopic (exact) mass is 549 g/mol. The fraction of sp³-hybridized carbons (Fsp3) is 0.533. The first kappa shape index (κ1) is 27.7. The van der Waals surface area contributed by atoms with Gasteiger partial charge in [0.15, 0.2) is 0 Å². The first-order valence-corrected chi connectivity index (χ1v) is 14.3. The number of rotatable bonds is 7. The number of carbonyl (C=O) groups excluding carboxylic acids is 2. The van der Waals surface area contributed by atoms with E-state index in [4.69, 9.17) is 4.74 Å². The predicted octanol–water partition coefficient (Wildman–Crippen LogP) is 3.98. The number of carbonyl (C=O) groups is 3. The number of piperidine rings is 2. The second kappa shape index (κ2) is 11.7. The lowest BCUT2D eigenvalue weighted by molar-refractivity contribution is 0.0823. The highest BCUT2D eigenvalue weighted by Crippen LogP contribution is 2.38. The van der Waals surface area contributed by atoms with Gasteiger partial charge in [-0.25, -0.2) is 9.78 Å². The molecule has 3 aliphatic heterocycles. The summed E-state index contributed by atoms with van der Waals surface area (Å²) in [5.74, 6) is 1.32. The van der Waals surface area contributed by atoms with E-state index >= 15 is 0 Å². The summed E-state index contributed by atoms with van der Waals surface area (Å²) in [5, 5.41) is 15.7. The van der Waals surface area contributed by atoms with E-state index in [1.165, 1.54) is 4.90 Å². The minimum Gasteiger partial charge on any atom is -0.496 e. The third-order valence-electron chi connectivity index (χ3n) is 8.86. The van der Waals surface area contributed by atoms with Gasteiger partial charge in [0.2, 0.25) is 0 Å². The second-order valence-corrected chi connectivity index (χ2v) is 11.2. The number of anilines is 1. The normalized spacial score (nSPS) is 25.8. The molecule has 1 aromatic carbocycles. The average molecular weight is 550 g/mol. The number of aromatic nitrogens is 1. The molecule has 0 aliphatic carbocycles. The molecule has 5 atom stereocenters. The van der Waals surface area contributed by atoms with E-state index in [9.17, 15) is 19.5 Å². The first-order chi connectivity index (χ1) is 19.3. The van der Waals surface area contributed by atoms with Gasteiger partial charge in [-0.3, -0.25) is 9.59 Å². The minimum atomic E-state index is -0.899. The summed E-state index contributed by atoms with van der Waals surface area (Å²) < 4.78 is 5.37. The van der Waals surface area contributed by atoms with Gasteiger partial charge in [-0.1, -0.05) is 13.0 Å². The maximum Gasteiger partial charge on any atom is 0.407 e. The third kappa shape index (κ3) is 5.57. The van der Waals surface area contributed by atoms with Crippen LogP contribution < -0.4 is 20.3 Å². The zero-order valence-electron chi connectivity index (χ0n) is 23.4. The highest BCUT2D eigenvalue weighted by atomic mass is 16.5. The lowest BCUT2D eigenvalue weighted by Gasteiger charge is -2.40. The number of pyridine rings is 1. The van der Waals surface area contributed by atoms with Crippen LogP contribution in [0.4, 0.5) is 10.6 Å². The Morgan fingerprint density at radius 2 is 1.73 bits per heavy atom. The largest absolute Gasteiger partial charge is 0.496 e. The Bertz CT molecular complexity index is 1240. The maximum atomic E-state index is 13.1. The molecule has 3 saturated heterocycles. The molecule has 0 radical (unpaired) electrons. The molecule has 3 N–H and O–H groups in total. The zero-order valence-corrected chi connectivity index (χ0v) is 23.4. The van der Waals surface area contributed by atoms with Gasteiger partial charge in [0, 0.05) is 54.1 Å². The number of carboxylic acid groups (broad SMARTS) is 1. The SMILES string of the molecule is CCC1CC(NC(=O)c2ccc(N3[C@@H]4CC[C@H]3CC(NC(=O)c3cccc(OC)c3C)C4)nc2)CCN1C(=O)O. The third-order valence-corrected chi connectivity index (χ3v) is 8.86. The highest BCUT2D eigenvalue weighted by molar-refractivity contribution is 5.96. The van der Waals surface area contributed by atoms with Crippen molar-refractivity contribution in [2.75, 3.05) is 18.6 Å². The van der Waals surface area contributed by atoms with Crippen LogP contribution in [0, 0.1) is 6.92 Å². The molecule has 1 aromatic heterocycles. The minimum absolute atomic E-state index is 0.0569. The summed E-state index contributed by atoms with van der Waals surface area (Å²) in [6.07, 6.45) is 6.47. The number of benzene rings is 1. The van der Waals surface area contributed by atoms with Crippen molar-refractivity contribution < 1.29 is 24.2 Å². The number of ether oxygens (including phenoxy) is 1. The van der Waals surface area contributed by atoms with Crippen molar-refractivity contribution in [2.24, 2.45) is 0 Å². The topological polar surface area (TPSA) is 124 Å². The number of nitrogens with zero attached hydrogens (tertiary/aromatic N) is 3. The molecule has 10 nitrogen and oxygen atoms in total. The molecule has 3 amide bonds. The van der Waals surface area contributed by atoms with E-state index in [0.29, 0.717) is 36.3 Å².